The Morgan fingerprint density at radius 2 is 1.88 bits per heavy atom. The molecule has 0 saturated carbocycles. The van der Waals surface area contributed by atoms with Crippen molar-refractivity contribution in [2.45, 2.75) is 13.0 Å². The van der Waals surface area contributed by atoms with Crippen molar-refractivity contribution in [3.05, 3.63) is 65.8 Å². The minimum Gasteiger partial charge on any atom is -0.449 e. The molecule has 0 saturated heterocycles. The van der Waals surface area contributed by atoms with Gasteiger partial charge in [-0.25, -0.2) is 22.9 Å². The molecule has 1 unspecified atom stereocenters. The molecule has 0 aliphatic rings. The number of hydrogen-bond donors (Lipinski definition) is 2. The quantitative estimate of drug-likeness (QED) is 0.327. The molecule has 2 amide bonds. The lowest BCUT2D eigenvalue weighted by Crippen LogP contribution is -2.40. The van der Waals surface area contributed by atoms with E-state index >= 15 is 0 Å². The van der Waals surface area contributed by atoms with E-state index in [-0.39, 0.29) is 5.89 Å². The number of ether oxygens (including phenoxy) is 1. The van der Waals surface area contributed by atoms with Crippen LogP contribution in [0.2, 0.25) is 0 Å². The normalized spacial score (nSPS) is 12.0. The van der Waals surface area contributed by atoms with Crippen LogP contribution < -0.4 is 10.6 Å². The molecule has 1 aromatic heterocycles. The van der Waals surface area contributed by atoms with Crippen molar-refractivity contribution >= 4 is 40.6 Å². The number of halogens is 3. The molecule has 1 atom stereocenters. The number of amides is 2. The summed E-state index contributed by atoms with van der Waals surface area (Å²) in [4.78, 5) is 39.8. The molecule has 2 N–H and O–H groups in total. The standard InChI is InChI=1S/C21H16F3N3O5/c1-11(31-18(29)9-8-17-27-13-4-2-3-5-15(13)32-17)21(30)25-10-16(28)26-14-7-6-12(22)19(23)20(14)24/h2-9,11H,10H2,1H3,(H,25,30)(H,26,28)/b9-8+. The van der Waals surface area contributed by atoms with Crippen molar-refractivity contribution in [3.63, 3.8) is 0 Å². The van der Waals surface area contributed by atoms with E-state index in [0.29, 0.717) is 17.2 Å². The van der Waals surface area contributed by atoms with Gasteiger partial charge < -0.3 is 19.8 Å². The van der Waals surface area contributed by atoms with Gasteiger partial charge in [0.1, 0.15) is 5.52 Å². The molecule has 0 bridgehead atoms. The maximum absolute atomic E-state index is 13.6. The van der Waals surface area contributed by atoms with Crippen LogP contribution in [0.1, 0.15) is 12.8 Å². The van der Waals surface area contributed by atoms with Gasteiger partial charge in [0.15, 0.2) is 29.1 Å². The first-order valence-corrected chi connectivity index (χ1v) is 9.20. The molecule has 0 aliphatic carbocycles. The average molecular weight is 447 g/mol. The SMILES string of the molecule is CC(OC(=O)/C=C/c1nc2ccccc2o1)C(=O)NCC(=O)Nc1ccc(F)c(F)c1F. The molecule has 1 heterocycles. The highest BCUT2D eigenvalue weighted by Gasteiger charge is 2.19. The maximum Gasteiger partial charge on any atom is 0.331 e. The Kier molecular flexibility index (Phi) is 6.88. The number of carbonyl (C=O) groups is 3. The monoisotopic (exact) mass is 447 g/mol. The van der Waals surface area contributed by atoms with Crippen molar-refractivity contribution in [3.8, 4) is 0 Å². The van der Waals surface area contributed by atoms with Gasteiger partial charge in [0.25, 0.3) is 5.91 Å². The fraction of sp³-hybridized carbons (Fsp3) is 0.143. The van der Waals surface area contributed by atoms with Crippen molar-refractivity contribution in [1.82, 2.24) is 10.3 Å². The molecule has 8 nitrogen and oxygen atoms in total. The fourth-order valence-electron chi connectivity index (χ4n) is 2.50. The van der Waals surface area contributed by atoms with Crippen LogP contribution in [-0.4, -0.2) is 35.4 Å². The van der Waals surface area contributed by atoms with Crippen LogP contribution in [0.3, 0.4) is 0 Å². The van der Waals surface area contributed by atoms with E-state index in [0.717, 1.165) is 12.1 Å². The summed E-state index contributed by atoms with van der Waals surface area (Å²) in [5.41, 5.74) is 0.552. The first-order valence-electron chi connectivity index (χ1n) is 9.20. The van der Waals surface area contributed by atoms with Crippen LogP contribution in [0.5, 0.6) is 0 Å². The second-order valence-corrected chi connectivity index (χ2v) is 6.42. The minimum absolute atomic E-state index is 0.168. The van der Waals surface area contributed by atoms with Gasteiger partial charge >= 0.3 is 5.97 Å². The number of oxazole rings is 1. The van der Waals surface area contributed by atoms with Gasteiger partial charge in [-0.1, -0.05) is 12.1 Å². The Morgan fingerprint density at radius 3 is 2.62 bits per heavy atom. The zero-order chi connectivity index (χ0) is 23.3. The van der Waals surface area contributed by atoms with Crippen LogP contribution in [-0.2, 0) is 19.1 Å². The Labute approximate surface area is 179 Å². The smallest absolute Gasteiger partial charge is 0.331 e. The molecule has 3 rings (SSSR count). The number of benzene rings is 2. The Balaban J connectivity index is 1.47. The molecule has 32 heavy (non-hydrogen) atoms. The molecular weight excluding hydrogens is 431 g/mol. The summed E-state index contributed by atoms with van der Waals surface area (Å²) in [6.07, 6.45) is 1.03. The van der Waals surface area contributed by atoms with Gasteiger partial charge in [0.2, 0.25) is 11.8 Å². The summed E-state index contributed by atoms with van der Waals surface area (Å²) in [5.74, 6) is -7.12. The van der Waals surface area contributed by atoms with Crippen LogP contribution in [0, 0.1) is 17.5 Å². The highest BCUT2D eigenvalue weighted by atomic mass is 19.2. The number of anilines is 1. The predicted molar refractivity (Wildman–Crippen MR) is 107 cm³/mol. The van der Waals surface area contributed by atoms with Crippen molar-refractivity contribution in [1.29, 1.82) is 0 Å². The number of fused-ring (bicyclic) bond motifs is 1. The molecule has 166 valence electrons. The van der Waals surface area contributed by atoms with Crippen LogP contribution >= 0.6 is 0 Å². The maximum atomic E-state index is 13.6. The molecule has 11 heteroatoms. The summed E-state index contributed by atoms with van der Waals surface area (Å²) in [5, 5.41) is 4.16. The summed E-state index contributed by atoms with van der Waals surface area (Å²) in [6.45, 7) is 0.644. The average Bonchev–Trinajstić information content (AvgIpc) is 3.19. The lowest BCUT2D eigenvalue weighted by Gasteiger charge is -2.12. The van der Waals surface area contributed by atoms with Crippen LogP contribution in [0.4, 0.5) is 18.9 Å². The summed E-state index contributed by atoms with van der Waals surface area (Å²) < 4.78 is 50.0. The summed E-state index contributed by atoms with van der Waals surface area (Å²) >= 11 is 0. The highest BCUT2D eigenvalue weighted by Crippen LogP contribution is 2.19. The first-order chi connectivity index (χ1) is 15.2. The van der Waals surface area contributed by atoms with E-state index in [1.54, 1.807) is 24.3 Å². The zero-order valence-corrected chi connectivity index (χ0v) is 16.5. The van der Waals surface area contributed by atoms with Gasteiger partial charge in [-0.15, -0.1) is 0 Å². The molecule has 0 radical (unpaired) electrons. The third kappa shape index (κ3) is 5.50. The number of esters is 1. The zero-order valence-electron chi connectivity index (χ0n) is 16.5. The topological polar surface area (TPSA) is 111 Å². The molecular formula is C21H16F3N3O5. The van der Waals surface area contributed by atoms with E-state index in [2.05, 4.69) is 10.3 Å². The predicted octanol–water partition coefficient (Wildman–Crippen LogP) is 2.94. The Bertz CT molecular complexity index is 1180. The van der Waals surface area contributed by atoms with Gasteiger partial charge in [0, 0.05) is 12.2 Å². The number of aromatic nitrogens is 1. The van der Waals surface area contributed by atoms with Crippen molar-refractivity contribution in [2.75, 3.05) is 11.9 Å². The van der Waals surface area contributed by atoms with Crippen LogP contribution in [0.15, 0.2) is 46.9 Å². The number of hydrogen-bond acceptors (Lipinski definition) is 6. The largest absolute Gasteiger partial charge is 0.449 e. The lowest BCUT2D eigenvalue weighted by atomic mass is 10.2. The van der Waals surface area contributed by atoms with E-state index in [4.69, 9.17) is 9.15 Å². The van der Waals surface area contributed by atoms with E-state index < -0.39 is 53.6 Å². The second kappa shape index (κ2) is 9.77. The summed E-state index contributed by atoms with van der Waals surface area (Å²) in [6, 6.07) is 8.47. The first kappa shape index (κ1) is 22.5. The van der Waals surface area contributed by atoms with E-state index in [9.17, 15) is 27.6 Å². The van der Waals surface area contributed by atoms with Gasteiger partial charge in [-0.2, -0.15) is 0 Å². The fourth-order valence-corrected chi connectivity index (χ4v) is 2.50. The molecule has 0 aliphatic heterocycles. The summed E-state index contributed by atoms with van der Waals surface area (Å²) in [7, 11) is 0. The Morgan fingerprint density at radius 1 is 1.12 bits per heavy atom. The van der Waals surface area contributed by atoms with Gasteiger partial charge in [-0.05, 0) is 31.2 Å². The van der Waals surface area contributed by atoms with Crippen molar-refractivity contribution in [2.24, 2.45) is 0 Å². The third-order valence-electron chi connectivity index (χ3n) is 4.07. The number of rotatable bonds is 7. The second-order valence-electron chi connectivity index (χ2n) is 6.42. The molecule has 0 fully saturated rings. The number of nitrogens with zero attached hydrogens (tertiary/aromatic N) is 1. The molecule has 0 spiro atoms. The van der Waals surface area contributed by atoms with E-state index in [1.807, 2.05) is 5.32 Å². The van der Waals surface area contributed by atoms with Crippen molar-refractivity contribution < 1.29 is 36.7 Å². The molecule has 3 aromatic rings. The number of nitrogens with one attached hydrogen (secondary N) is 2. The van der Waals surface area contributed by atoms with E-state index in [1.165, 1.54) is 13.0 Å². The highest BCUT2D eigenvalue weighted by molar-refractivity contribution is 5.96. The van der Waals surface area contributed by atoms with Gasteiger partial charge in [0.05, 0.1) is 12.2 Å². The minimum atomic E-state index is -1.74. The molecule has 2 aromatic carbocycles. The third-order valence-corrected chi connectivity index (χ3v) is 4.07. The van der Waals surface area contributed by atoms with Gasteiger partial charge in [-0.3, -0.25) is 9.59 Å². The number of carbonyl (C=O) groups excluding carboxylic acids is 3. The lowest BCUT2D eigenvalue weighted by molar-refractivity contribution is -0.150. The number of para-hydroxylation sites is 2. The van der Waals surface area contributed by atoms with Crippen LogP contribution in [0.25, 0.3) is 17.2 Å². The Hall–Kier alpha value is -4.15.